The monoisotopic (exact) mass is 290 g/mol. The largest absolute Gasteiger partial charge is 0.338 e. The van der Waals surface area contributed by atoms with Gasteiger partial charge in [0.05, 0.1) is 16.1 Å². The molecule has 0 spiro atoms. The lowest BCUT2D eigenvalue weighted by Gasteiger charge is -2.24. The number of hydrogen-bond acceptors (Lipinski definition) is 6. The molecule has 2 saturated heterocycles. The molecule has 0 aliphatic carbocycles. The van der Waals surface area contributed by atoms with Crippen molar-refractivity contribution in [3.05, 3.63) is 11.2 Å². The van der Waals surface area contributed by atoms with E-state index in [4.69, 9.17) is 0 Å². The molecule has 6 nitrogen and oxygen atoms in total. The second kappa shape index (κ2) is 4.82. The average Bonchev–Trinajstić information content (AvgIpc) is 3.15. The van der Waals surface area contributed by atoms with Crippen LogP contribution in [0.4, 0.5) is 5.95 Å². The van der Waals surface area contributed by atoms with E-state index in [1.165, 1.54) is 12.8 Å². The lowest BCUT2D eigenvalue weighted by molar-refractivity contribution is 0.340. The molecule has 2 aliphatic rings. The van der Waals surface area contributed by atoms with Crippen LogP contribution in [0.3, 0.4) is 0 Å². The highest BCUT2D eigenvalue weighted by Crippen LogP contribution is 2.29. The molecule has 2 atom stereocenters. The van der Waals surface area contributed by atoms with Crippen molar-refractivity contribution < 1.29 is 0 Å². The van der Waals surface area contributed by atoms with E-state index >= 15 is 0 Å². The highest BCUT2D eigenvalue weighted by molar-refractivity contribution is 7.13. The van der Waals surface area contributed by atoms with E-state index in [0.717, 1.165) is 47.9 Å². The fourth-order valence-corrected chi connectivity index (χ4v) is 3.98. The molecule has 106 valence electrons. The minimum Gasteiger partial charge on any atom is -0.338 e. The van der Waals surface area contributed by atoms with E-state index in [2.05, 4.69) is 30.4 Å². The number of nitrogens with one attached hydrogen (secondary N) is 2. The summed E-state index contributed by atoms with van der Waals surface area (Å²) in [5, 5.41) is 11.1. The Morgan fingerprint density at radius 1 is 1.40 bits per heavy atom. The molecule has 4 rings (SSSR count). The number of fused-ring (bicyclic) bond motifs is 1. The van der Waals surface area contributed by atoms with E-state index < -0.39 is 0 Å². The second-order valence-electron chi connectivity index (χ2n) is 5.62. The summed E-state index contributed by atoms with van der Waals surface area (Å²) < 4.78 is 0. The van der Waals surface area contributed by atoms with Gasteiger partial charge < -0.3 is 10.2 Å². The lowest BCUT2D eigenvalue weighted by Crippen LogP contribution is -2.40. The number of H-pyrrole nitrogens is 1. The zero-order valence-corrected chi connectivity index (χ0v) is 12.3. The van der Waals surface area contributed by atoms with Crippen LogP contribution in [0.5, 0.6) is 0 Å². The minimum atomic E-state index is 0.607. The normalized spacial score (nSPS) is 25.9. The molecule has 0 aromatic carbocycles. The van der Waals surface area contributed by atoms with Gasteiger partial charge >= 0.3 is 0 Å². The van der Waals surface area contributed by atoms with Crippen molar-refractivity contribution in [1.29, 1.82) is 0 Å². The third-order valence-corrected chi connectivity index (χ3v) is 5.25. The Morgan fingerprint density at radius 3 is 3.15 bits per heavy atom. The molecular weight excluding hydrogens is 272 g/mol. The molecule has 4 heterocycles. The average molecular weight is 290 g/mol. The van der Waals surface area contributed by atoms with Gasteiger partial charge in [0.2, 0.25) is 5.95 Å². The molecule has 2 aromatic rings. The van der Waals surface area contributed by atoms with E-state index in [-0.39, 0.29) is 0 Å². The maximum Gasteiger partial charge on any atom is 0.245 e. The van der Waals surface area contributed by atoms with E-state index in [9.17, 15) is 0 Å². The van der Waals surface area contributed by atoms with Gasteiger partial charge in [0.15, 0.2) is 5.82 Å². The molecule has 2 fully saturated rings. The van der Waals surface area contributed by atoms with Gasteiger partial charge in [-0.3, -0.25) is 5.10 Å². The predicted molar refractivity (Wildman–Crippen MR) is 79.0 cm³/mol. The highest BCUT2D eigenvalue weighted by Gasteiger charge is 2.35. The minimum absolute atomic E-state index is 0.607. The summed E-state index contributed by atoms with van der Waals surface area (Å²) in [6.07, 6.45) is 2.60. The molecule has 0 bridgehead atoms. The number of piperidine rings is 1. The fourth-order valence-electron chi connectivity index (χ4n) is 3.24. The summed E-state index contributed by atoms with van der Waals surface area (Å²) in [7, 11) is 0. The van der Waals surface area contributed by atoms with Crippen LogP contribution in [0.25, 0.3) is 10.7 Å². The van der Waals surface area contributed by atoms with Gasteiger partial charge in [0.1, 0.15) is 0 Å². The Morgan fingerprint density at radius 2 is 2.35 bits per heavy atom. The topological polar surface area (TPSA) is 69.7 Å². The quantitative estimate of drug-likeness (QED) is 0.875. The third kappa shape index (κ3) is 2.01. The number of aromatic amines is 1. The van der Waals surface area contributed by atoms with Crippen LogP contribution in [0.15, 0.2) is 5.51 Å². The van der Waals surface area contributed by atoms with Crippen LogP contribution in [-0.4, -0.2) is 45.8 Å². The molecule has 0 amide bonds. The Hall–Kier alpha value is -1.47. The van der Waals surface area contributed by atoms with E-state index in [1.807, 2.05) is 12.4 Å². The van der Waals surface area contributed by atoms with Gasteiger partial charge in [-0.1, -0.05) is 0 Å². The van der Waals surface area contributed by atoms with Crippen LogP contribution >= 0.6 is 11.3 Å². The van der Waals surface area contributed by atoms with Crippen molar-refractivity contribution in [2.45, 2.75) is 25.8 Å². The van der Waals surface area contributed by atoms with Crippen LogP contribution in [-0.2, 0) is 0 Å². The number of nitrogens with zero attached hydrogens (tertiary/aromatic N) is 4. The number of aryl methyl sites for hydroxylation is 1. The summed E-state index contributed by atoms with van der Waals surface area (Å²) in [6, 6.07) is 0.607. The molecule has 7 heteroatoms. The molecular formula is C13H18N6S. The number of hydrogen-bond donors (Lipinski definition) is 2. The SMILES string of the molecule is Cc1ncsc1-c1nc(N2CC3CCCNC3C2)n[nH]1. The summed E-state index contributed by atoms with van der Waals surface area (Å²) in [5.41, 5.74) is 2.86. The van der Waals surface area contributed by atoms with Crippen LogP contribution in [0.1, 0.15) is 18.5 Å². The zero-order valence-electron chi connectivity index (χ0n) is 11.5. The van der Waals surface area contributed by atoms with Gasteiger partial charge in [0.25, 0.3) is 0 Å². The molecule has 0 saturated carbocycles. The molecule has 2 N–H and O–H groups in total. The van der Waals surface area contributed by atoms with Crippen molar-refractivity contribution in [2.24, 2.45) is 5.92 Å². The number of rotatable bonds is 2. The van der Waals surface area contributed by atoms with Crippen molar-refractivity contribution in [3.63, 3.8) is 0 Å². The first-order valence-electron chi connectivity index (χ1n) is 7.12. The first kappa shape index (κ1) is 12.3. The van der Waals surface area contributed by atoms with Gasteiger partial charge in [-0.15, -0.1) is 16.4 Å². The van der Waals surface area contributed by atoms with E-state index in [0.29, 0.717) is 6.04 Å². The lowest BCUT2D eigenvalue weighted by atomic mass is 9.94. The van der Waals surface area contributed by atoms with E-state index in [1.54, 1.807) is 11.3 Å². The van der Waals surface area contributed by atoms with Gasteiger partial charge in [0, 0.05) is 19.1 Å². The maximum atomic E-state index is 4.66. The predicted octanol–water partition coefficient (Wildman–Crippen LogP) is 1.42. The molecule has 2 unspecified atom stereocenters. The summed E-state index contributed by atoms with van der Waals surface area (Å²) >= 11 is 1.60. The molecule has 2 aliphatic heterocycles. The second-order valence-corrected chi connectivity index (χ2v) is 6.47. The Kier molecular flexibility index (Phi) is 2.96. The number of thiazole rings is 1. The first-order chi connectivity index (χ1) is 9.81. The third-order valence-electron chi connectivity index (χ3n) is 4.32. The Bertz CT molecular complexity index is 592. The van der Waals surface area contributed by atoms with Crippen molar-refractivity contribution in [2.75, 3.05) is 24.5 Å². The smallest absolute Gasteiger partial charge is 0.245 e. The van der Waals surface area contributed by atoms with Gasteiger partial charge in [-0.05, 0) is 32.2 Å². The summed E-state index contributed by atoms with van der Waals surface area (Å²) in [4.78, 5) is 12.3. The van der Waals surface area contributed by atoms with Gasteiger partial charge in [-0.2, -0.15) is 4.98 Å². The summed E-state index contributed by atoms with van der Waals surface area (Å²) in [5.74, 6) is 2.41. The van der Waals surface area contributed by atoms with Crippen LogP contribution < -0.4 is 10.2 Å². The zero-order chi connectivity index (χ0) is 13.5. The van der Waals surface area contributed by atoms with Crippen LogP contribution in [0, 0.1) is 12.8 Å². The standard InChI is InChI=1S/C13H18N6S/c1-8-11(20-7-15-8)12-16-13(18-17-12)19-5-9-3-2-4-14-10(9)6-19/h7,9-10,14H,2-6H2,1H3,(H,16,17,18). The maximum absolute atomic E-state index is 4.66. The van der Waals surface area contributed by atoms with Crippen molar-refractivity contribution in [3.8, 4) is 10.7 Å². The molecule has 0 radical (unpaired) electrons. The van der Waals surface area contributed by atoms with Crippen molar-refractivity contribution in [1.82, 2.24) is 25.5 Å². The molecule has 2 aromatic heterocycles. The Labute approximate surface area is 121 Å². The fraction of sp³-hybridized carbons (Fsp3) is 0.615. The number of anilines is 1. The number of aromatic nitrogens is 4. The highest BCUT2D eigenvalue weighted by atomic mass is 32.1. The molecule has 20 heavy (non-hydrogen) atoms. The van der Waals surface area contributed by atoms with Crippen molar-refractivity contribution >= 4 is 17.3 Å². The van der Waals surface area contributed by atoms with Gasteiger partial charge in [-0.25, -0.2) is 4.98 Å². The van der Waals surface area contributed by atoms with Crippen LogP contribution in [0.2, 0.25) is 0 Å². The Balaban J connectivity index is 1.55. The first-order valence-corrected chi connectivity index (χ1v) is 8.00. The summed E-state index contributed by atoms with van der Waals surface area (Å²) in [6.45, 7) is 5.23.